The topological polar surface area (TPSA) is 80.3 Å². The average Bonchev–Trinajstić information content (AvgIpc) is 2.86. The van der Waals surface area contributed by atoms with Crippen LogP contribution in [0.15, 0.2) is 91.3 Å². The summed E-state index contributed by atoms with van der Waals surface area (Å²) < 4.78 is 19.1. The van der Waals surface area contributed by atoms with Crippen LogP contribution in [0.2, 0.25) is 0 Å². The summed E-state index contributed by atoms with van der Waals surface area (Å²) in [6.07, 6.45) is 2.38. The van der Waals surface area contributed by atoms with Gasteiger partial charge in [0.1, 0.15) is 5.75 Å². The third-order valence-corrected chi connectivity index (χ3v) is 4.98. The maximum absolute atomic E-state index is 13.9. The van der Waals surface area contributed by atoms with Gasteiger partial charge in [0.25, 0.3) is 11.8 Å². The number of methoxy groups -OCH3 is 1. The average molecular weight is 441 g/mol. The van der Waals surface area contributed by atoms with Crippen molar-refractivity contribution in [1.29, 1.82) is 0 Å². The second-order valence-electron chi connectivity index (χ2n) is 7.12. The molecule has 33 heavy (non-hydrogen) atoms. The molecular formula is C26H20FN3O3. The molecule has 4 rings (SSSR count). The van der Waals surface area contributed by atoms with Crippen LogP contribution in [0.25, 0.3) is 11.1 Å². The summed E-state index contributed by atoms with van der Waals surface area (Å²) in [5.74, 6) is -1.29. The van der Waals surface area contributed by atoms with Crippen LogP contribution in [0.5, 0.6) is 5.75 Å². The van der Waals surface area contributed by atoms with Gasteiger partial charge in [-0.15, -0.1) is 0 Å². The van der Waals surface area contributed by atoms with Gasteiger partial charge in [0.2, 0.25) is 0 Å². The van der Waals surface area contributed by atoms with Crippen molar-refractivity contribution < 1.29 is 18.7 Å². The van der Waals surface area contributed by atoms with Crippen molar-refractivity contribution in [3.05, 3.63) is 108 Å². The van der Waals surface area contributed by atoms with Gasteiger partial charge >= 0.3 is 0 Å². The van der Waals surface area contributed by atoms with Crippen molar-refractivity contribution in [2.45, 2.75) is 0 Å². The van der Waals surface area contributed by atoms with E-state index in [1.165, 1.54) is 25.4 Å². The summed E-state index contributed by atoms with van der Waals surface area (Å²) in [7, 11) is 1.42. The molecule has 0 bridgehead atoms. The van der Waals surface area contributed by atoms with E-state index in [0.717, 1.165) is 17.3 Å². The molecule has 0 saturated carbocycles. The molecule has 6 nitrogen and oxygen atoms in total. The van der Waals surface area contributed by atoms with Gasteiger partial charge in [0, 0.05) is 17.4 Å². The van der Waals surface area contributed by atoms with Gasteiger partial charge in [-0.25, -0.2) is 4.39 Å². The number of hydrogen-bond acceptors (Lipinski definition) is 4. The van der Waals surface area contributed by atoms with Gasteiger partial charge < -0.3 is 15.4 Å². The van der Waals surface area contributed by atoms with Crippen molar-refractivity contribution in [3.63, 3.8) is 0 Å². The summed E-state index contributed by atoms with van der Waals surface area (Å²) in [5, 5.41) is 5.27. The fourth-order valence-corrected chi connectivity index (χ4v) is 3.28. The van der Waals surface area contributed by atoms with E-state index in [4.69, 9.17) is 4.74 Å². The molecule has 0 radical (unpaired) electrons. The lowest BCUT2D eigenvalue weighted by atomic mass is 10.0. The second-order valence-corrected chi connectivity index (χ2v) is 7.12. The Morgan fingerprint density at radius 3 is 2.27 bits per heavy atom. The van der Waals surface area contributed by atoms with Crippen LogP contribution in [-0.2, 0) is 0 Å². The molecule has 3 aromatic carbocycles. The molecule has 2 N–H and O–H groups in total. The first kappa shape index (κ1) is 21.7. The number of nitrogens with zero attached hydrogens (tertiary/aromatic N) is 1. The fraction of sp³-hybridized carbons (Fsp3) is 0.0385. The van der Waals surface area contributed by atoms with Crippen molar-refractivity contribution in [2.24, 2.45) is 0 Å². The zero-order valence-corrected chi connectivity index (χ0v) is 17.7. The van der Waals surface area contributed by atoms with Gasteiger partial charge in [-0.05, 0) is 47.5 Å². The van der Waals surface area contributed by atoms with Gasteiger partial charge in [-0.3, -0.25) is 14.6 Å². The van der Waals surface area contributed by atoms with Gasteiger partial charge in [-0.1, -0.05) is 42.5 Å². The third kappa shape index (κ3) is 5.04. The van der Waals surface area contributed by atoms with Crippen molar-refractivity contribution in [1.82, 2.24) is 4.98 Å². The number of benzene rings is 3. The third-order valence-electron chi connectivity index (χ3n) is 4.98. The number of rotatable bonds is 6. The molecule has 0 fully saturated rings. The van der Waals surface area contributed by atoms with Crippen LogP contribution in [0.4, 0.5) is 15.8 Å². The minimum absolute atomic E-state index is 0.00926. The zero-order chi connectivity index (χ0) is 23.2. The van der Waals surface area contributed by atoms with E-state index in [9.17, 15) is 14.0 Å². The number of carbonyl (C=O) groups is 2. The molecule has 1 aromatic heterocycles. The Bertz CT molecular complexity index is 1290. The number of anilines is 2. The molecular weight excluding hydrogens is 421 g/mol. The van der Waals surface area contributed by atoms with E-state index in [2.05, 4.69) is 15.6 Å². The Morgan fingerprint density at radius 1 is 0.848 bits per heavy atom. The quantitative estimate of drug-likeness (QED) is 0.420. The molecule has 7 heteroatoms. The first-order chi connectivity index (χ1) is 16.0. The summed E-state index contributed by atoms with van der Waals surface area (Å²) >= 11 is 0. The minimum atomic E-state index is -0.659. The highest BCUT2D eigenvalue weighted by Crippen LogP contribution is 2.25. The maximum atomic E-state index is 13.9. The lowest BCUT2D eigenvalue weighted by molar-refractivity contribution is 0.101. The molecule has 164 valence electrons. The first-order valence-electron chi connectivity index (χ1n) is 10.1. The molecule has 0 atom stereocenters. The number of nitrogens with one attached hydrogen (secondary N) is 2. The van der Waals surface area contributed by atoms with Crippen LogP contribution >= 0.6 is 0 Å². The normalized spacial score (nSPS) is 10.4. The van der Waals surface area contributed by atoms with Crippen LogP contribution in [0.1, 0.15) is 20.7 Å². The molecule has 0 spiro atoms. The Kier molecular flexibility index (Phi) is 6.40. The number of amides is 2. The number of aromatic nitrogens is 1. The monoisotopic (exact) mass is 441 g/mol. The smallest absolute Gasteiger partial charge is 0.259 e. The van der Waals surface area contributed by atoms with E-state index in [-0.39, 0.29) is 22.9 Å². The van der Waals surface area contributed by atoms with Crippen molar-refractivity contribution >= 4 is 23.2 Å². The van der Waals surface area contributed by atoms with E-state index >= 15 is 0 Å². The Hall–Kier alpha value is -4.52. The SMILES string of the molecule is COc1ccc(NC(=O)c2ccc(-c3ccccc3)cc2)cc1C(=O)Nc1ccncc1F. The second kappa shape index (κ2) is 9.74. The Morgan fingerprint density at radius 2 is 1.58 bits per heavy atom. The van der Waals surface area contributed by atoms with E-state index in [0.29, 0.717) is 11.3 Å². The fourth-order valence-electron chi connectivity index (χ4n) is 3.28. The molecule has 1 heterocycles. The zero-order valence-electron chi connectivity index (χ0n) is 17.7. The minimum Gasteiger partial charge on any atom is -0.496 e. The predicted molar refractivity (Wildman–Crippen MR) is 125 cm³/mol. The molecule has 0 saturated heterocycles. The molecule has 0 aliphatic carbocycles. The molecule has 2 amide bonds. The lowest BCUT2D eigenvalue weighted by Gasteiger charge is -2.12. The number of hydrogen-bond donors (Lipinski definition) is 2. The number of pyridine rings is 1. The number of carbonyl (C=O) groups excluding carboxylic acids is 2. The van der Waals surface area contributed by atoms with Gasteiger partial charge in [-0.2, -0.15) is 0 Å². The van der Waals surface area contributed by atoms with E-state index in [1.54, 1.807) is 24.3 Å². The predicted octanol–water partition coefficient (Wildman–Crippen LogP) is 5.40. The largest absolute Gasteiger partial charge is 0.496 e. The standard InChI is InChI=1S/C26H20FN3O3/c1-33-24-12-11-20(15-21(24)26(32)30-23-13-14-28-16-22(23)27)29-25(31)19-9-7-18(8-10-19)17-5-3-2-4-6-17/h2-16H,1H3,(H,29,31)(H,28,30,32). The number of halogens is 1. The van der Waals surface area contributed by atoms with Crippen LogP contribution in [0.3, 0.4) is 0 Å². The van der Waals surface area contributed by atoms with Crippen LogP contribution in [-0.4, -0.2) is 23.9 Å². The number of ether oxygens (including phenoxy) is 1. The molecule has 0 unspecified atom stereocenters. The van der Waals surface area contributed by atoms with E-state index < -0.39 is 11.7 Å². The van der Waals surface area contributed by atoms with Crippen molar-refractivity contribution in [3.8, 4) is 16.9 Å². The summed E-state index contributed by atoms with van der Waals surface area (Å²) in [6, 6.07) is 23.1. The lowest BCUT2D eigenvalue weighted by Crippen LogP contribution is -2.16. The molecule has 0 aliphatic rings. The summed E-state index contributed by atoms with van der Waals surface area (Å²) in [6.45, 7) is 0. The highest BCUT2D eigenvalue weighted by atomic mass is 19.1. The van der Waals surface area contributed by atoms with Crippen LogP contribution in [0, 0.1) is 5.82 Å². The maximum Gasteiger partial charge on any atom is 0.259 e. The van der Waals surface area contributed by atoms with Gasteiger partial charge in [0.05, 0.1) is 24.6 Å². The van der Waals surface area contributed by atoms with Gasteiger partial charge in [0.15, 0.2) is 5.82 Å². The van der Waals surface area contributed by atoms with Crippen LogP contribution < -0.4 is 15.4 Å². The first-order valence-corrected chi connectivity index (χ1v) is 10.1. The summed E-state index contributed by atoms with van der Waals surface area (Å²) in [5.41, 5.74) is 3.05. The van der Waals surface area contributed by atoms with Crippen molar-refractivity contribution in [2.75, 3.05) is 17.7 Å². The Balaban J connectivity index is 1.52. The molecule has 4 aromatic rings. The highest BCUT2D eigenvalue weighted by Gasteiger charge is 2.16. The highest BCUT2D eigenvalue weighted by molar-refractivity contribution is 6.08. The van der Waals surface area contributed by atoms with E-state index in [1.807, 2.05) is 42.5 Å². The molecule has 0 aliphatic heterocycles. The summed E-state index contributed by atoms with van der Waals surface area (Å²) in [4.78, 5) is 29.1. The Labute approximate surface area is 190 Å².